The largest absolute Gasteiger partial charge is 0.315 e. The van der Waals surface area contributed by atoms with Crippen LogP contribution in [0.2, 0.25) is 0 Å². The molecule has 5 nitrogen and oxygen atoms in total. The smallest absolute Gasteiger partial charge is 0.211 e. The Bertz CT molecular complexity index is 682. The van der Waals surface area contributed by atoms with Crippen molar-refractivity contribution in [1.29, 1.82) is 0 Å². The van der Waals surface area contributed by atoms with Gasteiger partial charge in [0.1, 0.15) is 10.8 Å². The predicted octanol–water partition coefficient (Wildman–Crippen LogP) is 3.83. The molecule has 0 bridgehead atoms. The molecule has 1 aliphatic carbocycles. The topological polar surface area (TPSA) is 53.9 Å². The number of hydrogen-bond donors (Lipinski definition) is 1. The van der Waals surface area contributed by atoms with Crippen LogP contribution in [0.4, 0.5) is 10.9 Å². The molecular formula is C18H25N5S. The van der Waals surface area contributed by atoms with Gasteiger partial charge in [0.2, 0.25) is 5.13 Å². The molecule has 1 aliphatic heterocycles. The van der Waals surface area contributed by atoms with E-state index >= 15 is 0 Å². The van der Waals surface area contributed by atoms with Crippen LogP contribution in [0.5, 0.6) is 0 Å². The van der Waals surface area contributed by atoms with Crippen LogP contribution < -0.4 is 5.32 Å². The maximum absolute atomic E-state index is 4.86. The summed E-state index contributed by atoms with van der Waals surface area (Å²) in [4.78, 5) is 7.50. The van der Waals surface area contributed by atoms with Crippen LogP contribution in [0.15, 0.2) is 18.2 Å². The van der Waals surface area contributed by atoms with E-state index in [1.807, 2.05) is 6.07 Å². The highest BCUT2D eigenvalue weighted by molar-refractivity contribution is 7.15. The SMILES string of the molecule is CCc1nnc(Nc2cccc(C3CCCN(CC4CC4)C3)n2)s1. The van der Waals surface area contributed by atoms with Gasteiger partial charge in [-0.05, 0) is 56.7 Å². The Morgan fingerprint density at radius 1 is 1.25 bits per heavy atom. The summed E-state index contributed by atoms with van der Waals surface area (Å²) in [5.41, 5.74) is 1.21. The van der Waals surface area contributed by atoms with Crippen molar-refractivity contribution >= 4 is 22.3 Å². The number of pyridine rings is 1. The molecule has 2 aromatic heterocycles. The molecule has 1 saturated carbocycles. The van der Waals surface area contributed by atoms with Crippen molar-refractivity contribution in [2.75, 3.05) is 25.0 Å². The third-order valence-corrected chi connectivity index (χ3v) is 5.90. The highest BCUT2D eigenvalue weighted by atomic mass is 32.1. The molecule has 0 aromatic carbocycles. The van der Waals surface area contributed by atoms with Crippen molar-refractivity contribution in [1.82, 2.24) is 20.1 Å². The molecule has 3 heterocycles. The monoisotopic (exact) mass is 343 g/mol. The molecule has 128 valence electrons. The summed E-state index contributed by atoms with van der Waals surface area (Å²) in [5, 5.41) is 13.5. The molecule has 0 radical (unpaired) electrons. The fraction of sp³-hybridized carbons (Fsp3) is 0.611. The van der Waals surface area contributed by atoms with Crippen molar-refractivity contribution in [3.63, 3.8) is 0 Å². The van der Waals surface area contributed by atoms with E-state index < -0.39 is 0 Å². The summed E-state index contributed by atoms with van der Waals surface area (Å²) < 4.78 is 0. The Balaban J connectivity index is 1.43. The fourth-order valence-electron chi connectivity index (χ4n) is 3.43. The van der Waals surface area contributed by atoms with Crippen LogP contribution in [0.25, 0.3) is 0 Å². The van der Waals surface area contributed by atoms with Gasteiger partial charge in [0.15, 0.2) is 0 Å². The summed E-state index contributed by atoms with van der Waals surface area (Å²) >= 11 is 1.60. The Kier molecular flexibility index (Phi) is 4.76. The zero-order valence-corrected chi connectivity index (χ0v) is 15.1. The lowest BCUT2D eigenvalue weighted by Gasteiger charge is -2.32. The molecule has 2 aliphatic rings. The summed E-state index contributed by atoms with van der Waals surface area (Å²) in [6, 6.07) is 6.29. The van der Waals surface area contributed by atoms with Gasteiger partial charge in [-0.15, -0.1) is 10.2 Å². The Morgan fingerprint density at radius 3 is 2.96 bits per heavy atom. The second kappa shape index (κ2) is 7.15. The quantitative estimate of drug-likeness (QED) is 0.864. The Labute approximate surface area is 147 Å². The van der Waals surface area contributed by atoms with Crippen LogP contribution in [0.3, 0.4) is 0 Å². The van der Waals surface area contributed by atoms with E-state index in [4.69, 9.17) is 4.98 Å². The summed E-state index contributed by atoms with van der Waals surface area (Å²) in [6.45, 7) is 5.81. The zero-order chi connectivity index (χ0) is 16.4. The lowest BCUT2D eigenvalue weighted by Crippen LogP contribution is -2.36. The first-order valence-electron chi connectivity index (χ1n) is 9.09. The standard InChI is InChI=1S/C18H25N5S/c1-2-17-21-22-18(24-17)20-16-7-3-6-15(19-16)14-5-4-10-23(12-14)11-13-8-9-13/h3,6-7,13-14H,2,4-5,8-12H2,1H3,(H,19,20,22). The maximum Gasteiger partial charge on any atom is 0.211 e. The Hall–Kier alpha value is -1.53. The third-order valence-electron chi connectivity index (χ3n) is 4.91. The molecule has 2 aromatic rings. The van der Waals surface area contributed by atoms with Crippen LogP contribution in [0.1, 0.15) is 49.2 Å². The highest BCUT2D eigenvalue weighted by Gasteiger charge is 2.28. The lowest BCUT2D eigenvalue weighted by atomic mass is 9.94. The molecular weight excluding hydrogens is 318 g/mol. The van der Waals surface area contributed by atoms with Gasteiger partial charge in [0.25, 0.3) is 0 Å². The number of nitrogens with zero attached hydrogens (tertiary/aromatic N) is 4. The molecule has 4 rings (SSSR count). The number of anilines is 2. The van der Waals surface area contributed by atoms with Crippen molar-refractivity contribution in [3.8, 4) is 0 Å². The van der Waals surface area contributed by atoms with Gasteiger partial charge in [-0.1, -0.05) is 24.3 Å². The van der Waals surface area contributed by atoms with Gasteiger partial charge in [0, 0.05) is 24.7 Å². The number of aromatic nitrogens is 3. The molecule has 1 saturated heterocycles. The lowest BCUT2D eigenvalue weighted by molar-refractivity contribution is 0.199. The minimum absolute atomic E-state index is 0.555. The van der Waals surface area contributed by atoms with E-state index in [9.17, 15) is 0 Å². The summed E-state index contributed by atoms with van der Waals surface area (Å²) in [5.74, 6) is 2.40. The number of piperidine rings is 1. The van der Waals surface area contributed by atoms with E-state index in [1.54, 1.807) is 11.3 Å². The van der Waals surface area contributed by atoms with Crippen molar-refractivity contribution in [2.24, 2.45) is 5.92 Å². The maximum atomic E-state index is 4.86. The Morgan fingerprint density at radius 2 is 2.17 bits per heavy atom. The highest BCUT2D eigenvalue weighted by Crippen LogP contribution is 2.33. The molecule has 6 heteroatoms. The minimum Gasteiger partial charge on any atom is -0.315 e. The average Bonchev–Trinajstić information content (AvgIpc) is 3.31. The fourth-order valence-corrected chi connectivity index (χ4v) is 4.12. The average molecular weight is 344 g/mol. The van der Waals surface area contributed by atoms with Gasteiger partial charge in [-0.3, -0.25) is 0 Å². The normalized spacial score (nSPS) is 21.8. The van der Waals surface area contributed by atoms with Crippen LogP contribution >= 0.6 is 11.3 Å². The number of nitrogens with one attached hydrogen (secondary N) is 1. The van der Waals surface area contributed by atoms with Crippen molar-refractivity contribution in [3.05, 3.63) is 28.9 Å². The van der Waals surface area contributed by atoms with Gasteiger partial charge in [-0.25, -0.2) is 4.98 Å². The molecule has 24 heavy (non-hydrogen) atoms. The first kappa shape index (κ1) is 16.0. The molecule has 1 unspecified atom stereocenters. The van der Waals surface area contributed by atoms with Crippen LogP contribution in [-0.4, -0.2) is 39.7 Å². The minimum atomic E-state index is 0.555. The molecule has 0 amide bonds. The molecule has 2 fully saturated rings. The number of aryl methyl sites for hydroxylation is 1. The van der Waals surface area contributed by atoms with Crippen molar-refractivity contribution in [2.45, 2.75) is 44.9 Å². The summed E-state index contributed by atoms with van der Waals surface area (Å²) in [7, 11) is 0. The number of likely N-dealkylation sites (tertiary alicyclic amines) is 1. The first-order chi connectivity index (χ1) is 11.8. The third kappa shape index (κ3) is 3.92. The van der Waals surface area contributed by atoms with Crippen molar-refractivity contribution < 1.29 is 0 Å². The zero-order valence-electron chi connectivity index (χ0n) is 14.2. The predicted molar refractivity (Wildman–Crippen MR) is 97.9 cm³/mol. The van der Waals surface area contributed by atoms with Crippen LogP contribution in [0, 0.1) is 5.92 Å². The number of rotatable bonds is 6. The van der Waals surface area contributed by atoms with E-state index in [1.165, 1.54) is 44.5 Å². The van der Waals surface area contributed by atoms with Gasteiger partial charge in [0.05, 0.1) is 0 Å². The second-order valence-electron chi connectivity index (χ2n) is 6.97. The van der Waals surface area contributed by atoms with E-state index in [2.05, 4.69) is 39.5 Å². The van der Waals surface area contributed by atoms with Gasteiger partial charge < -0.3 is 10.2 Å². The first-order valence-corrected chi connectivity index (χ1v) is 9.90. The summed E-state index contributed by atoms with van der Waals surface area (Å²) in [6.07, 6.45) is 6.32. The van der Waals surface area contributed by atoms with Gasteiger partial charge >= 0.3 is 0 Å². The van der Waals surface area contributed by atoms with E-state index in [0.29, 0.717) is 5.92 Å². The van der Waals surface area contributed by atoms with Crippen LogP contribution in [-0.2, 0) is 6.42 Å². The number of hydrogen-bond acceptors (Lipinski definition) is 6. The molecule has 1 atom stereocenters. The molecule has 1 N–H and O–H groups in total. The van der Waals surface area contributed by atoms with Gasteiger partial charge in [-0.2, -0.15) is 0 Å². The van der Waals surface area contributed by atoms with E-state index in [0.717, 1.165) is 34.8 Å². The second-order valence-corrected chi connectivity index (χ2v) is 8.03. The molecule has 0 spiro atoms. The van der Waals surface area contributed by atoms with E-state index in [-0.39, 0.29) is 0 Å².